The molecule has 9 heteroatoms. The van der Waals surface area contributed by atoms with Crippen LogP contribution in [0.1, 0.15) is 24.6 Å². The van der Waals surface area contributed by atoms with Crippen LogP contribution in [0.2, 0.25) is 0 Å². The third-order valence-electron chi connectivity index (χ3n) is 4.85. The summed E-state index contributed by atoms with van der Waals surface area (Å²) < 4.78 is 52.5. The number of sulfonamides is 1. The molecule has 1 atom stereocenters. The van der Waals surface area contributed by atoms with E-state index in [0.717, 1.165) is 11.3 Å². The predicted molar refractivity (Wildman–Crippen MR) is 94.8 cm³/mol. The van der Waals surface area contributed by atoms with Gasteiger partial charge in [0.1, 0.15) is 18.2 Å². The number of aromatic nitrogens is 2. The topological polar surface area (TPSA) is 81.6 Å². The van der Waals surface area contributed by atoms with E-state index in [0.29, 0.717) is 32.4 Å². The normalized spacial score (nSPS) is 19.7. The highest BCUT2D eigenvalue weighted by Gasteiger charge is 2.35. The molecule has 4 rings (SSSR count). The van der Waals surface area contributed by atoms with Crippen molar-refractivity contribution in [1.29, 1.82) is 0 Å². The number of ether oxygens (including phenoxy) is 2. The number of nitrogens with zero attached hydrogens (tertiary/aromatic N) is 3. The van der Waals surface area contributed by atoms with Gasteiger partial charge in [-0.2, -0.15) is 13.7 Å². The Balaban J connectivity index is 1.49. The summed E-state index contributed by atoms with van der Waals surface area (Å²) in [6.07, 6.45) is 2.41. The van der Waals surface area contributed by atoms with Gasteiger partial charge in [0.25, 0.3) is 5.88 Å². The summed E-state index contributed by atoms with van der Waals surface area (Å²) in [6, 6.07) is 4.93. The van der Waals surface area contributed by atoms with E-state index < -0.39 is 21.9 Å². The first-order chi connectivity index (χ1) is 13.0. The lowest BCUT2D eigenvalue weighted by Crippen LogP contribution is -2.31. The molecule has 2 aliphatic rings. The first-order valence-corrected chi connectivity index (χ1v) is 10.3. The van der Waals surface area contributed by atoms with Gasteiger partial charge in [-0.15, -0.1) is 0 Å². The van der Waals surface area contributed by atoms with Crippen molar-refractivity contribution >= 4 is 10.0 Å². The summed E-state index contributed by atoms with van der Waals surface area (Å²) in [5.74, 6) is 0.0308. The Kier molecular flexibility index (Phi) is 4.73. The minimum Gasteiger partial charge on any atom is -0.493 e. The summed E-state index contributed by atoms with van der Waals surface area (Å²) in [4.78, 5) is 7.96. The fraction of sp³-hybridized carbons (Fsp3) is 0.444. The molecule has 0 spiro atoms. The lowest BCUT2D eigenvalue weighted by Gasteiger charge is -2.17. The smallest absolute Gasteiger partial charge is 0.254 e. The van der Waals surface area contributed by atoms with Crippen molar-refractivity contribution in [1.82, 2.24) is 14.3 Å². The van der Waals surface area contributed by atoms with Crippen LogP contribution in [0.4, 0.5) is 4.39 Å². The molecule has 7 nitrogen and oxygen atoms in total. The van der Waals surface area contributed by atoms with E-state index in [2.05, 4.69) is 9.97 Å². The lowest BCUT2D eigenvalue weighted by atomic mass is 10.2. The number of fused-ring (bicyclic) bond motifs is 1. The van der Waals surface area contributed by atoms with Crippen molar-refractivity contribution in [3.63, 3.8) is 0 Å². The zero-order valence-corrected chi connectivity index (χ0v) is 15.7. The fourth-order valence-electron chi connectivity index (χ4n) is 3.36. The summed E-state index contributed by atoms with van der Waals surface area (Å²) in [6.45, 7) is 2.83. The standard InChI is InChI=1S/C18H20FN3O4S/c1-2-15-17(19)18(21-11-20-15)26-13-5-7-22(10-13)27(23,24)14-3-4-16-12(9-14)6-8-25-16/h3-4,9,11,13H,2,5-8,10H2,1H3/t13-/m1/s1. The molecule has 27 heavy (non-hydrogen) atoms. The van der Waals surface area contributed by atoms with Gasteiger partial charge >= 0.3 is 0 Å². The fourth-order valence-corrected chi connectivity index (χ4v) is 4.90. The molecule has 0 unspecified atom stereocenters. The highest BCUT2D eigenvalue weighted by molar-refractivity contribution is 7.89. The van der Waals surface area contributed by atoms with E-state index in [4.69, 9.17) is 9.47 Å². The lowest BCUT2D eigenvalue weighted by molar-refractivity contribution is 0.195. The molecule has 1 saturated heterocycles. The van der Waals surface area contributed by atoms with Gasteiger partial charge in [0, 0.05) is 13.0 Å². The maximum absolute atomic E-state index is 14.3. The predicted octanol–water partition coefficient (Wildman–Crippen LogP) is 1.95. The number of hydrogen-bond acceptors (Lipinski definition) is 6. The van der Waals surface area contributed by atoms with Gasteiger partial charge in [-0.3, -0.25) is 0 Å². The molecule has 0 bridgehead atoms. The van der Waals surface area contributed by atoms with Crippen LogP contribution in [0.15, 0.2) is 29.4 Å². The molecule has 3 heterocycles. The summed E-state index contributed by atoms with van der Waals surface area (Å²) in [7, 11) is -3.64. The summed E-state index contributed by atoms with van der Waals surface area (Å²) in [5.41, 5.74) is 1.18. The van der Waals surface area contributed by atoms with Crippen LogP contribution in [0.25, 0.3) is 0 Å². The molecule has 1 aromatic heterocycles. The van der Waals surface area contributed by atoms with Gasteiger partial charge in [-0.05, 0) is 36.6 Å². The van der Waals surface area contributed by atoms with Gasteiger partial charge in [0.05, 0.1) is 23.7 Å². The Hall–Kier alpha value is -2.26. The van der Waals surface area contributed by atoms with Gasteiger partial charge in [-0.1, -0.05) is 6.92 Å². The van der Waals surface area contributed by atoms with E-state index in [1.807, 2.05) is 0 Å². The molecule has 0 radical (unpaired) electrons. The van der Waals surface area contributed by atoms with Crippen LogP contribution in [-0.2, 0) is 22.9 Å². The SMILES string of the molecule is CCc1ncnc(O[C@@H]2CCN(S(=O)(=O)c3ccc4c(c3)CCO4)C2)c1F. The Labute approximate surface area is 157 Å². The average molecular weight is 393 g/mol. The van der Waals surface area contributed by atoms with Crippen LogP contribution < -0.4 is 9.47 Å². The molecule has 2 aromatic rings. The molecule has 2 aliphatic heterocycles. The number of benzene rings is 1. The zero-order valence-electron chi connectivity index (χ0n) is 14.9. The molecule has 1 fully saturated rings. The van der Waals surface area contributed by atoms with Gasteiger partial charge in [0.2, 0.25) is 15.8 Å². The molecule has 0 N–H and O–H groups in total. The summed E-state index contributed by atoms with van der Waals surface area (Å²) in [5, 5.41) is 0. The second-order valence-corrected chi connectivity index (χ2v) is 8.49. The van der Waals surface area contributed by atoms with Crippen molar-refractivity contribution in [2.24, 2.45) is 0 Å². The minimum absolute atomic E-state index is 0.124. The highest BCUT2D eigenvalue weighted by Crippen LogP contribution is 2.30. The maximum atomic E-state index is 14.3. The zero-order chi connectivity index (χ0) is 19.0. The van der Waals surface area contributed by atoms with E-state index in [9.17, 15) is 12.8 Å². The van der Waals surface area contributed by atoms with Crippen molar-refractivity contribution in [2.45, 2.75) is 37.2 Å². The number of rotatable bonds is 5. The molecule has 144 valence electrons. The number of hydrogen-bond donors (Lipinski definition) is 0. The third-order valence-corrected chi connectivity index (χ3v) is 6.71. The van der Waals surface area contributed by atoms with Crippen molar-refractivity contribution in [3.05, 3.63) is 41.6 Å². The van der Waals surface area contributed by atoms with Crippen molar-refractivity contribution < 1.29 is 22.3 Å². The van der Waals surface area contributed by atoms with E-state index >= 15 is 0 Å². The molecule has 0 aliphatic carbocycles. The first kappa shape index (κ1) is 18.1. The van der Waals surface area contributed by atoms with E-state index in [1.165, 1.54) is 10.6 Å². The summed E-state index contributed by atoms with van der Waals surface area (Å²) >= 11 is 0. The van der Waals surface area contributed by atoms with E-state index in [1.54, 1.807) is 25.1 Å². The molecule has 0 amide bonds. The van der Waals surface area contributed by atoms with Crippen LogP contribution in [-0.4, -0.2) is 48.5 Å². The van der Waals surface area contributed by atoms with Gasteiger partial charge in [0.15, 0.2) is 0 Å². The maximum Gasteiger partial charge on any atom is 0.254 e. The van der Waals surface area contributed by atoms with Crippen molar-refractivity contribution in [3.8, 4) is 11.6 Å². The second-order valence-electron chi connectivity index (χ2n) is 6.55. The van der Waals surface area contributed by atoms with Gasteiger partial charge < -0.3 is 9.47 Å². The quantitative estimate of drug-likeness (QED) is 0.772. The van der Waals surface area contributed by atoms with Crippen LogP contribution in [0.5, 0.6) is 11.6 Å². The minimum atomic E-state index is -3.64. The highest BCUT2D eigenvalue weighted by atomic mass is 32.2. The second kappa shape index (κ2) is 7.05. The third kappa shape index (κ3) is 3.37. The molecule has 1 aromatic carbocycles. The van der Waals surface area contributed by atoms with E-state index in [-0.39, 0.29) is 23.0 Å². The van der Waals surface area contributed by atoms with Crippen LogP contribution >= 0.6 is 0 Å². The largest absolute Gasteiger partial charge is 0.493 e. The Morgan fingerprint density at radius 3 is 3.04 bits per heavy atom. The molecular weight excluding hydrogens is 373 g/mol. The number of halogens is 1. The number of aryl methyl sites for hydroxylation is 1. The molecule has 0 saturated carbocycles. The Morgan fingerprint density at radius 2 is 2.22 bits per heavy atom. The molecular formula is C18H20FN3O4S. The van der Waals surface area contributed by atoms with Crippen molar-refractivity contribution in [2.75, 3.05) is 19.7 Å². The first-order valence-electron chi connectivity index (χ1n) is 8.91. The Morgan fingerprint density at radius 1 is 1.37 bits per heavy atom. The van der Waals surface area contributed by atoms with Crippen LogP contribution in [0.3, 0.4) is 0 Å². The monoisotopic (exact) mass is 393 g/mol. The van der Waals surface area contributed by atoms with Crippen LogP contribution in [0, 0.1) is 5.82 Å². The average Bonchev–Trinajstić information content (AvgIpc) is 3.32. The van der Waals surface area contributed by atoms with Gasteiger partial charge in [-0.25, -0.2) is 13.4 Å². The Bertz CT molecular complexity index is 967.